The molecule has 1 unspecified atom stereocenters. The van der Waals surface area contributed by atoms with E-state index in [-0.39, 0.29) is 17.8 Å². The van der Waals surface area contributed by atoms with Crippen LogP contribution in [-0.4, -0.2) is 46.3 Å². The number of carboxylic acid groups (broad SMARTS) is 1. The first kappa shape index (κ1) is 27.3. The molecular weight excluding hydrogens is 515 g/mol. The van der Waals surface area contributed by atoms with Crippen LogP contribution in [0.2, 0.25) is 0 Å². The topological polar surface area (TPSA) is 120 Å². The lowest BCUT2D eigenvalue weighted by Crippen LogP contribution is -2.49. The van der Waals surface area contributed by atoms with Crippen molar-refractivity contribution in [3.05, 3.63) is 84.1 Å². The van der Waals surface area contributed by atoms with Crippen LogP contribution in [0.25, 0.3) is 10.9 Å². The van der Waals surface area contributed by atoms with Gasteiger partial charge in [0.25, 0.3) is 5.97 Å². The number of nitrogens with one attached hydrogen (secondary N) is 3. The van der Waals surface area contributed by atoms with E-state index in [0.717, 1.165) is 29.0 Å². The summed E-state index contributed by atoms with van der Waals surface area (Å²) in [5, 5.41) is 20.9. The lowest BCUT2D eigenvalue weighted by atomic mass is 9.97. The van der Waals surface area contributed by atoms with Crippen molar-refractivity contribution in [1.29, 1.82) is 0 Å². The molecule has 9 nitrogen and oxygen atoms in total. The van der Waals surface area contributed by atoms with E-state index in [1.54, 1.807) is 18.3 Å². The first-order valence-corrected chi connectivity index (χ1v) is 11.9. The van der Waals surface area contributed by atoms with Crippen LogP contribution in [0.5, 0.6) is 5.75 Å². The minimum absolute atomic E-state index is 0.260. The van der Waals surface area contributed by atoms with E-state index in [2.05, 4.69) is 25.6 Å². The average Bonchev–Trinajstić information content (AvgIpc) is 3.34. The number of anilines is 2. The van der Waals surface area contributed by atoms with Crippen LogP contribution in [0.3, 0.4) is 0 Å². The SMILES string of the molecule is CC(=O)O.O=C(Nc1cccc2[nH]ncc12)NC1Cc2ccc(OC(F)(F)F)cc2N(Cc2ccccc2)C1. The van der Waals surface area contributed by atoms with Gasteiger partial charge >= 0.3 is 12.4 Å². The van der Waals surface area contributed by atoms with E-state index in [4.69, 9.17) is 9.90 Å². The summed E-state index contributed by atoms with van der Waals surface area (Å²) in [5.74, 6) is -1.10. The Morgan fingerprint density at radius 3 is 2.59 bits per heavy atom. The van der Waals surface area contributed by atoms with Gasteiger partial charge in [-0.15, -0.1) is 13.2 Å². The van der Waals surface area contributed by atoms with Crippen molar-refractivity contribution < 1.29 is 32.6 Å². The zero-order valence-corrected chi connectivity index (χ0v) is 20.8. The molecule has 4 N–H and O–H groups in total. The molecule has 0 saturated carbocycles. The van der Waals surface area contributed by atoms with Gasteiger partial charge in [-0.1, -0.05) is 42.5 Å². The van der Waals surface area contributed by atoms with Crippen molar-refractivity contribution in [2.45, 2.75) is 32.3 Å². The van der Waals surface area contributed by atoms with Gasteiger partial charge in [0, 0.05) is 37.2 Å². The molecule has 204 valence electrons. The Morgan fingerprint density at radius 1 is 1.13 bits per heavy atom. The highest BCUT2D eigenvalue weighted by Crippen LogP contribution is 2.34. The number of carboxylic acids is 1. The van der Waals surface area contributed by atoms with Gasteiger partial charge in [0.2, 0.25) is 0 Å². The number of benzene rings is 3. The Kier molecular flexibility index (Phi) is 8.23. The number of carbonyl (C=O) groups is 2. The summed E-state index contributed by atoms with van der Waals surface area (Å²) in [6.45, 7) is 1.97. The van der Waals surface area contributed by atoms with E-state index in [9.17, 15) is 18.0 Å². The molecule has 1 aliphatic heterocycles. The molecule has 12 heteroatoms. The predicted octanol–water partition coefficient (Wildman–Crippen LogP) is 5.31. The molecule has 5 rings (SSSR count). The molecule has 0 bridgehead atoms. The fourth-order valence-corrected chi connectivity index (χ4v) is 4.37. The normalized spacial score (nSPS) is 14.6. The number of hydrogen-bond acceptors (Lipinski definition) is 5. The molecule has 0 aliphatic carbocycles. The fourth-order valence-electron chi connectivity index (χ4n) is 4.37. The summed E-state index contributed by atoms with van der Waals surface area (Å²) >= 11 is 0. The maximum atomic E-state index is 12.8. The largest absolute Gasteiger partial charge is 0.573 e. The molecule has 4 aromatic rings. The minimum atomic E-state index is -4.77. The monoisotopic (exact) mass is 541 g/mol. The van der Waals surface area contributed by atoms with E-state index in [1.807, 2.05) is 47.4 Å². The fraction of sp³-hybridized carbons (Fsp3) is 0.222. The summed E-state index contributed by atoms with van der Waals surface area (Å²) in [7, 11) is 0. The molecule has 0 radical (unpaired) electrons. The highest BCUT2D eigenvalue weighted by Gasteiger charge is 2.32. The predicted molar refractivity (Wildman–Crippen MR) is 140 cm³/mol. The lowest BCUT2D eigenvalue weighted by Gasteiger charge is -2.37. The number of ether oxygens (including phenoxy) is 1. The summed E-state index contributed by atoms with van der Waals surface area (Å²) < 4.78 is 42.5. The number of carbonyl (C=O) groups excluding carboxylic acids is 1. The molecule has 0 spiro atoms. The number of aliphatic carboxylic acids is 1. The number of urea groups is 1. The first-order valence-electron chi connectivity index (χ1n) is 11.9. The van der Waals surface area contributed by atoms with Crippen molar-refractivity contribution in [2.75, 3.05) is 16.8 Å². The van der Waals surface area contributed by atoms with Crippen molar-refractivity contribution in [2.24, 2.45) is 0 Å². The molecule has 2 amide bonds. The summed E-state index contributed by atoms with van der Waals surface area (Å²) in [6, 6.07) is 18.8. The zero-order chi connectivity index (χ0) is 28.0. The second-order valence-electron chi connectivity index (χ2n) is 8.86. The number of H-pyrrole nitrogens is 1. The lowest BCUT2D eigenvalue weighted by molar-refractivity contribution is -0.274. The van der Waals surface area contributed by atoms with Crippen LogP contribution < -0.4 is 20.3 Å². The van der Waals surface area contributed by atoms with Gasteiger partial charge in [-0.3, -0.25) is 9.89 Å². The van der Waals surface area contributed by atoms with Gasteiger partial charge in [-0.25, -0.2) is 4.79 Å². The van der Waals surface area contributed by atoms with Crippen molar-refractivity contribution >= 4 is 34.3 Å². The third kappa shape index (κ3) is 7.63. The van der Waals surface area contributed by atoms with Crippen LogP contribution >= 0.6 is 0 Å². The number of nitrogens with zero attached hydrogens (tertiary/aromatic N) is 2. The Bertz CT molecular complexity index is 1440. The Hall–Kier alpha value is -4.74. The Morgan fingerprint density at radius 2 is 1.87 bits per heavy atom. The smallest absolute Gasteiger partial charge is 0.481 e. The van der Waals surface area contributed by atoms with Gasteiger partial charge in [-0.05, 0) is 35.7 Å². The van der Waals surface area contributed by atoms with E-state index < -0.39 is 12.3 Å². The Labute approximate surface area is 221 Å². The van der Waals surface area contributed by atoms with Gasteiger partial charge in [0.1, 0.15) is 5.75 Å². The standard InChI is InChI=1S/C25H22F3N5O2.C2H4O2/c26-25(27,28)35-19-10-9-17-11-18(15-33(23(17)12-19)14-16-5-2-1-3-6-16)30-24(34)31-21-7-4-8-22-20(21)13-29-32-22;1-2(3)4/h1-10,12-13,18H,11,14-15H2,(H,29,32)(H2,30,31,34);1H3,(H,3,4). The average molecular weight is 542 g/mol. The van der Waals surface area contributed by atoms with Gasteiger partial charge in [0.15, 0.2) is 0 Å². The highest BCUT2D eigenvalue weighted by atomic mass is 19.4. The van der Waals surface area contributed by atoms with E-state index >= 15 is 0 Å². The molecule has 1 aromatic heterocycles. The van der Waals surface area contributed by atoms with Gasteiger partial charge < -0.3 is 25.4 Å². The molecule has 3 aromatic carbocycles. The number of halogens is 3. The number of amides is 2. The van der Waals surface area contributed by atoms with Crippen LogP contribution in [0.4, 0.5) is 29.3 Å². The van der Waals surface area contributed by atoms with Gasteiger partial charge in [0.05, 0.1) is 23.4 Å². The minimum Gasteiger partial charge on any atom is -0.481 e. The number of rotatable bonds is 5. The van der Waals surface area contributed by atoms with Gasteiger partial charge in [-0.2, -0.15) is 5.10 Å². The third-order valence-electron chi connectivity index (χ3n) is 5.82. The van der Waals surface area contributed by atoms with Crippen molar-refractivity contribution in [1.82, 2.24) is 15.5 Å². The molecule has 0 saturated heterocycles. The number of aromatic nitrogens is 2. The van der Waals surface area contributed by atoms with Crippen LogP contribution in [0.1, 0.15) is 18.1 Å². The van der Waals surface area contributed by atoms with Crippen LogP contribution in [-0.2, 0) is 17.8 Å². The zero-order valence-electron chi connectivity index (χ0n) is 20.8. The number of aromatic amines is 1. The summed E-state index contributed by atoms with van der Waals surface area (Å²) in [4.78, 5) is 23.8. The third-order valence-corrected chi connectivity index (χ3v) is 5.82. The number of alkyl halides is 3. The second kappa shape index (κ2) is 11.8. The summed E-state index contributed by atoms with van der Waals surface area (Å²) in [6.07, 6.45) is -2.66. The molecule has 2 heterocycles. The molecule has 39 heavy (non-hydrogen) atoms. The van der Waals surface area contributed by atoms with Crippen LogP contribution in [0.15, 0.2) is 72.9 Å². The maximum Gasteiger partial charge on any atom is 0.573 e. The molecule has 0 fully saturated rings. The molecule has 1 aliphatic rings. The second-order valence-corrected chi connectivity index (χ2v) is 8.86. The van der Waals surface area contributed by atoms with E-state index in [0.29, 0.717) is 30.9 Å². The van der Waals surface area contributed by atoms with Crippen molar-refractivity contribution in [3.8, 4) is 5.75 Å². The molecule has 1 atom stereocenters. The summed E-state index contributed by atoms with van der Waals surface area (Å²) in [5.41, 5.74) is 3.90. The number of hydrogen-bond donors (Lipinski definition) is 4. The van der Waals surface area contributed by atoms with E-state index in [1.165, 1.54) is 12.1 Å². The first-order chi connectivity index (χ1) is 18.6. The number of fused-ring (bicyclic) bond motifs is 2. The molecular formula is C27H26F3N5O4. The van der Waals surface area contributed by atoms with Crippen LogP contribution in [0, 0.1) is 0 Å². The quantitative estimate of drug-likeness (QED) is 0.272. The Balaban J connectivity index is 0.000000826. The van der Waals surface area contributed by atoms with Crippen molar-refractivity contribution in [3.63, 3.8) is 0 Å². The maximum absolute atomic E-state index is 12.8. The highest BCUT2D eigenvalue weighted by molar-refractivity contribution is 6.00.